The highest BCUT2D eigenvalue weighted by molar-refractivity contribution is 5.89. The number of fused-ring (bicyclic) bond motifs is 1. The standard InChI is InChI=1S/C27H31F6NO3/c1-14(34-22-13-20(24(35)36)25(22,2)3)16-5-4-15-6-11-21(23(19(15)12-16)27(31,32)33)37-18-9-7-17(8-10-18)26(28,29)30/h4-6,11-12,14,17-18,20,22,34H,7-10,13H2,1-3H3,(H,35,36)/t14?,17?,18?,20-,22-/m0/s1. The summed E-state index contributed by atoms with van der Waals surface area (Å²) in [6, 6.07) is 7.11. The van der Waals surface area contributed by atoms with Crippen LogP contribution < -0.4 is 10.1 Å². The van der Waals surface area contributed by atoms with Crippen LogP contribution in [0.15, 0.2) is 30.3 Å². The summed E-state index contributed by atoms with van der Waals surface area (Å²) in [6.45, 7) is 5.53. The van der Waals surface area contributed by atoms with Crippen LogP contribution in [0.25, 0.3) is 10.8 Å². The largest absolute Gasteiger partial charge is 0.490 e. The Hall–Kier alpha value is -2.49. The quantitative estimate of drug-likeness (QED) is 0.379. The van der Waals surface area contributed by atoms with Gasteiger partial charge in [-0.2, -0.15) is 26.3 Å². The minimum atomic E-state index is -4.74. The first kappa shape index (κ1) is 27.5. The second-order valence-electron chi connectivity index (χ2n) is 10.9. The average Bonchev–Trinajstić information content (AvgIpc) is 2.79. The van der Waals surface area contributed by atoms with Gasteiger partial charge in [-0.25, -0.2) is 0 Å². The van der Waals surface area contributed by atoms with Crippen LogP contribution >= 0.6 is 0 Å². The first-order valence-corrected chi connectivity index (χ1v) is 12.4. The van der Waals surface area contributed by atoms with E-state index in [0.717, 1.165) is 0 Å². The molecular formula is C27H31F6NO3. The van der Waals surface area contributed by atoms with Crippen LogP contribution in [0.2, 0.25) is 0 Å². The number of alkyl halides is 6. The number of halogens is 6. The molecule has 0 radical (unpaired) electrons. The molecule has 2 saturated carbocycles. The zero-order valence-electron chi connectivity index (χ0n) is 20.8. The van der Waals surface area contributed by atoms with E-state index in [4.69, 9.17) is 4.74 Å². The Balaban J connectivity index is 1.58. The smallest absolute Gasteiger partial charge is 0.420 e. The van der Waals surface area contributed by atoms with Gasteiger partial charge in [-0.05, 0) is 72.9 Å². The lowest BCUT2D eigenvalue weighted by molar-refractivity contribution is -0.185. The number of nitrogens with one attached hydrogen (secondary N) is 1. The van der Waals surface area contributed by atoms with Crippen molar-refractivity contribution in [3.63, 3.8) is 0 Å². The summed E-state index contributed by atoms with van der Waals surface area (Å²) in [7, 11) is 0. The zero-order valence-corrected chi connectivity index (χ0v) is 20.8. The fourth-order valence-electron chi connectivity index (χ4n) is 5.69. The summed E-state index contributed by atoms with van der Waals surface area (Å²) < 4.78 is 87.4. The Morgan fingerprint density at radius 2 is 1.68 bits per heavy atom. The van der Waals surface area contributed by atoms with Gasteiger partial charge >= 0.3 is 18.3 Å². The lowest BCUT2D eigenvalue weighted by atomic mass is 9.58. The third-order valence-corrected chi connectivity index (χ3v) is 8.24. The van der Waals surface area contributed by atoms with Gasteiger partial charge in [0.1, 0.15) is 11.3 Å². The lowest BCUT2D eigenvalue weighted by Crippen LogP contribution is -2.59. The number of benzene rings is 2. The van der Waals surface area contributed by atoms with Crippen LogP contribution in [0, 0.1) is 17.3 Å². The van der Waals surface area contributed by atoms with E-state index in [0.29, 0.717) is 17.4 Å². The highest BCUT2D eigenvalue weighted by Gasteiger charge is 2.52. The van der Waals surface area contributed by atoms with Gasteiger partial charge in [0, 0.05) is 12.1 Å². The fourth-order valence-corrected chi connectivity index (χ4v) is 5.69. The molecule has 0 aliphatic heterocycles. The molecule has 0 bridgehead atoms. The summed E-state index contributed by atoms with van der Waals surface area (Å²) in [5.41, 5.74) is -0.831. The number of hydrogen-bond acceptors (Lipinski definition) is 3. The normalized spacial score (nSPS) is 26.9. The molecule has 10 heteroatoms. The molecule has 4 nitrogen and oxygen atoms in total. The molecule has 2 aliphatic carbocycles. The molecule has 0 aromatic heterocycles. The molecule has 4 rings (SSSR count). The van der Waals surface area contributed by atoms with Crippen LogP contribution in [0.1, 0.15) is 70.0 Å². The molecule has 2 aromatic rings. The molecule has 0 spiro atoms. The molecule has 0 saturated heterocycles. The fraction of sp³-hybridized carbons (Fsp3) is 0.593. The van der Waals surface area contributed by atoms with E-state index < -0.39 is 47.2 Å². The molecule has 204 valence electrons. The topological polar surface area (TPSA) is 58.6 Å². The van der Waals surface area contributed by atoms with E-state index in [2.05, 4.69) is 5.32 Å². The SMILES string of the molecule is CC(N[C@H]1C[C@@H](C(=O)O)C1(C)C)c1ccc2ccc(OC3CCC(C(F)(F)F)CC3)c(C(F)(F)F)c2c1. The molecule has 3 atom stereocenters. The average molecular weight is 532 g/mol. The van der Waals surface area contributed by atoms with E-state index in [1.54, 1.807) is 12.1 Å². The van der Waals surface area contributed by atoms with Gasteiger partial charge in [-0.3, -0.25) is 4.79 Å². The summed E-state index contributed by atoms with van der Waals surface area (Å²) in [6.07, 6.45) is -9.60. The molecule has 2 fully saturated rings. The van der Waals surface area contributed by atoms with E-state index in [-0.39, 0.29) is 48.9 Å². The molecule has 2 aliphatic rings. The van der Waals surface area contributed by atoms with Crippen molar-refractivity contribution in [1.82, 2.24) is 5.32 Å². The van der Waals surface area contributed by atoms with Gasteiger partial charge < -0.3 is 15.2 Å². The van der Waals surface area contributed by atoms with Crippen molar-refractivity contribution in [2.75, 3.05) is 0 Å². The van der Waals surface area contributed by atoms with Crippen LogP contribution in [-0.4, -0.2) is 29.4 Å². The summed E-state index contributed by atoms with van der Waals surface area (Å²) in [5, 5.41) is 13.0. The monoisotopic (exact) mass is 531 g/mol. The predicted octanol–water partition coefficient (Wildman–Crippen LogP) is 7.51. The molecule has 2 aromatic carbocycles. The maximum absolute atomic E-state index is 14.3. The lowest BCUT2D eigenvalue weighted by Gasteiger charge is -2.51. The number of carboxylic acid groups (broad SMARTS) is 1. The highest BCUT2D eigenvalue weighted by Crippen LogP contribution is 2.48. The van der Waals surface area contributed by atoms with Crippen molar-refractivity contribution >= 4 is 16.7 Å². The first-order valence-electron chi connectivity index (χ1n) is 12.4. The Bertz CT molecular complexity index is 1150. The minimum Gasteiger partial charge on any atom is -0.490 e. The molecule has 0 heterocycles. The van der Waals surface area contributed by atoms with Crippen LogP contribution in [0.3, 0.4) is 0 Å². The van der Waals surface area contributed by atoms with Crippen molar-refractivity contribution in [2.45, 2.75) is 83.4 Å². The second-order valence-corrected chi connectivity index (χ2v) is 10.9. The maximum Gasteiger partial charge on any atom is 0.420 e. The van der Waals surface area contributed by atoms with Crippen molar-refractivity contribution in [3.8, 4) is 5.75 Å². The Kier molecular flexibility index (Phi) is 7.20. The molecule has 1 unspecified atom stereocenters. The predicted molar refractivity (Wildman–Crippen MR) is 126 cm³/mol. The summed E-state index contributed by atoms with van der Waals surface area (Å²) in [4.78, 5) is 11.4. The Morgan fingerprint density at radius 1 is 1.05 bits per heavy atom. The summed E-state index contributed by atoms with van der Waals surface area (Å²) in [5.74, 6) is -3.18. The van der Waals surface area contributed by atoms with Gasteiger partial charge in [0.05, 0.1) is 17.9 Å². The second kappa shape index (κ2) is 9.67. The van der Waals surface area contributed by atoms with Crippen LogP contribution in [-0.2, 0) is 11.0 Å². The summed E-state index contributed by atoms with van der Waals surface area (Å²) >= 11 is 0. The van der Waals surface area contributed by atoms with Gasteiger partial charge in [0.2, 0.25) is 0 Å². The molecule has 2 N–H and O–H groups in total. The molecular weight excluding hydrogens is 500 g/mol. The van der Waals surface area contributed by atoms with Crippen LogP contribution in [0.5, 0.6) is 5.75 Å². The van der Waals surface area contributed by atoms with E-state index in [9.17, 15) is 36.2 Å². The zero-order chi connectivity index (χ0) is 27.3. The molecule has 37 heavy (non-hydrogen) atoms. The number of aliphatic carboxylic acids is 1. The number of carbonyl (C=O) groups is 1. The van der Waals surface area contributed by atoms with E-state index >= 15 is 0 Å². The van der Waals surface area contributed by atoms with Crippen molar-refractivity contribution in [2.24, 2.45) is 17.3 Å². The van der Waals surface area contributed by atoms with Crippen molar-refractivity contribution in [1.29, 1.82) is 0 Å². The van der Waals surface area contributed by atoms with Gasteiger partial charge in [-0.1, -0.05) is 32.0 Å². The van der Waals surface area contributed by atoms with Gasteiger partial charge in [0.15, 0.2) is 0 Å². The number of ether oxygens (including phenoxy) is 1. The van der Waals surface area contributed by atoms with Crippen molar-refractivity contribution in [3.05, 3.63) is 41.5 Å². The van der Waals surface area contributed by atoms with Gasteiger partial charge in [-0.15, -0.1) is 0 Å². The Labute approximate surface area is 211 Å². The highest BCUT2D eigenvalue weighted by atomic mass is 19.4. The number of hydrogen-bond donors (Lipinski definition) is 2. The third-order valence-electron chi connectivity index (χ3n) is 8.24. The third kappa shape index (κ3) is 5.54. The first-order chi connectivity index (χ1) is 17.1. The number of rotatable bonds is 6. The van der Waals surface area contributed by atoms with Crippen LogP contribution in [0.4, 0.5) is 26.3 Å². The van der Waals surface area contributed by atoms with E-state index in [1.807, 2.05) is 20.8 Å². The molecule has 0 amide bonds. The van der Waals surface area contributed by atoms with Gasteiger partial charge in [0.25, 0.3) is 0 Å². The maximum atomic E-state index is 14.3. The minimum absolute atomic E-state index is 0.0367. The van der Waals surface area contributed by atoms with Crippen molar-refractivity contribution < 1.29 is 41.0 Å². The number of carboxylic acids is 1. The Morgan fingerprint density at radius 3 is 2.22 bits per heavy atom. The van der Waals surface area contributed by atoms with E-state index in [1.165, 1.54) is 18.2 Å².